The van der Waals surface area contributed by atoms with Crippen molar-refractivity contribution in [3.63, 3.8) is 0 Å². The summed E-state index contributed by atoms with van der Waals surface area (Å²) in [5.74, 6) is 0.0445. The summed E-state index contributed by atoms with van der Waals surface area (Å²) in [4.78, 5) is 11.6. The van der Waals surface area contributed by atoms with Crippen molar-refractivity contribution < 1.29 is 4.79 Å². The number of carbonyl (C=O) groups excluding carboxylic acids is 1. The Morgan fingerprint density at radius 2 is 1.75 bits per heavy atom. The molecule has 0 saturated carbocycles. The van der Waals surface area contributed by atoms with Gasteiger partial charge in [0.2, 0.25) is 5.91 Å². The lowest BCUT2D eigenvalue weighted by Gasteiger charge is -2.17. The first-order valence-corrected chi connectivity index (χ1v) is 5.78. The van der Waals surface area contributed by atoms with Crippen molar-refractivity contribution in [1.29, 1.82) is 0 Å². The summed E-state index contributed by atoms with van der Waals surface area (Å²) in [6.07, 6.45) is 0. The Hall–Kier alpha value is -1.31. The van der Waals surface area contributed by atoms with Crippen LogP contribution < -0.4 is 5.32 Å². The summed E-state index contributed by atoms with van der Waals surface area (Å²) >= 11 is 0. The molecule has 0 aliphatic rings. The second-order valence-electron chi connectivity index (χ2n) is 4.57. The molecule has 0 aliphatic carbocycles. The van der Waals surface area contributed by atoms with Crippen LogP contribution in [-0.2, 0) is 4.79 Å². The summed E-state index contributed by atoms with van der Waals surface area (Å²) in [6, 6.07) is 7.81. The molecule has 0 spiro atoms. The van der Waals surface area contributed by atoms with Crippen molar-refractivity contribution in [3.05, 3.63) is 29.8 Å². The van der Waals surface area contributed by atoms with E-state index in [1.807, 2.05) is 65.8 Å². The Morgan fingerprint density at radius 3 is 2.19 bits per heavy atom. The van der Waals surface area contributed by atoms with Crippen LogP contribution in [0.5, 0.6) is 0 Å². The number of hydrogen-bond acceptors (Lipinski definition) is 1. The van der Waals surface area contributed by atoms with E-state index in [9.17, 15) is 4.79 Å². The molecule has 0 atom stereocenters. The largest absolute Gasteiger partial charge is 0.326 e. The number of hydrogen-bond donors (Lipinski definition) is 1. The van der Waals surface area contributed by atoms with Crippen LogP contribution in [0.25, 0.3) is 0 Å². The Morgan fingerprint density at radius 1 is 1.19 bits per heavy atom. The Kier molecular flexibility index (Phi) is 5.79. The molecule has 16 heavy (non-hydrogen) atoms. The first kappa shape index (κ1) is 14.7. The molecule has 1 amide bonds. The number of amides is 1. The molecule has 0 aliphatic heterocycles. The zero-order valence-electron chi connectivity index (χ0n) is 11.2. The fourth-order valence-electron chi connectivity index (χ4n) is 1.04. The van der Waals surface area contributed by atoms with Crippen molar-refractivity contribution in [2.75, 3.05) is 5.32 Å². The zero-order valence-corrected chi connectivity index (χ0v) is 11.2. The molecule has 0 aromatic heterocycles. The van der Waals surface area contributed by atoms with Crippen molar-refractivity contribution in [1.82, 2.24) is 0 Å². The van der Waals surface area contributed by atoms with E-state index in [0.29, 0.717) is 0 Å². The average molecular weight is 221 g/mol. The minimum atomic E-state index is -0.344. The number of carbonyl (C=O) groups is 1. The molecule has 1 aromatic carbocycles. The predicted molar refractivity (Wildman–Crippen MR) is 70.6 cm³/mol. The summed E-state index contributed by atoms with van der Waals surface area (Å²) < 4.78 is 0. The number of rotatable bonds is 1. The van der Waals surface area contributed by atoms with Crippen LogP contribution in [0.2, 0.25) is 0 Å². The van der Waals surface area contributed by atoms with Gasteiger partial charge in [-0.2, -0.15) is 0 Å². The normalized spacial score (nSPS) is 10.1. The SMILES string of the molecule is CC.Cc1cccc(NC(=O)C(C)(C)C)c1. The maximum Gasteiger partial charge on any atom is 0.229 e. The maximum atomic E-state index is 11.6. The molecule has 0 fully saturated rings. The van der Waals surface area contributed by atoms with Gasteiger partial charge in [0, 0.05) is 11.1 Å². The van der Waals surface area contributed by atoms with Gasteiger partial charge < -0.3 is 5.32 Å². The molecule has 90 valence electrons. The van der Waals surface area contributed by atoms with Crippen molar-refractivity contribution in [3.8, 4) is 0 Å². The second kappa shape index (κ2) is 6.31. The van der Waals surface area contributed by atoms with E-state index in [1.165, 1.54) is 0 Å². The summed E-state index contributed by atoms with van der Waals surface area (Å²) in [5.41, 5.74) is 1.67. The average Bonchev–Trinajstić information content (AvgIpc) is 2.19. The lowest BCUT2D eigenvalue weighted by atomic mass is 9.95. The van der Waals surface area contributed by atoms with Crippen LogP contribution in [0.4, 0.5) is 5.69 Å². The molecule has 0 bridgehead atoms. The molecule has 2 nitrogen and oxygen atoms in total. The fourth-order valence-corrected chi connectivity index (χ4v) is 1.04. The van der Waals surface area contributed by atoms with Gasteiger partial charge >= 0.3 is 0 Å². The van der Waals surface area contributed by atoms with Gasteiger partial charge in [0.1, 0.15) is 0 Å². The van der Waals surface area contributed by atoms with Gasteiger partial charge in [-0.1, -0.05) is 46.8 Å². The van der Waals surface area contributed by atoms with Gasteiger partial charge in [-0.25, -0.2) is 0 Å². The number of aryl methyl sites for hydroxylation is 1. The monoisotopic (exact) mass is 221 g/mol. The van der Waals surface area contributed by atoms with Crippen LogP contribution in [-0.4, -0.2) is 5.91 Å². The Balaban J connectivity index is 0.00000106. The molecule has 0 saturated heterocycles. The van der Waals surface area contributed by atoms with Crippen LogP contribution in [0.3, 0.4) is 0 Å². The van der Waals surface area contributed by atoms with E-state index in [1.54, 1.807) is 0 Å². The van der Waals surface area contributed by atoms with Gasteiger partial charge in [0.25, 0.3) is 0 Å². The third-order valence-corrected chi connectivity index (χ3v) is 1.96. The molecular weight excluding hydrogens is 198 g/mol. The molecule has 0 radical (unpaired) electrons. The van der Waals surface area contributed by atoms with Gasteiger partial charge in [-0.15, -0.1) is 0 Å². The standard InChI is InChI=1S/C12H17NO.C2H6/c1-9-6-5-7-10(8-9)13-11(14)12(2,3)4;1-2/h5-8H,1-4H3,(H,13,14);1-2H3. The van der Waals surface area contributed by atoms with Crippen LogP contribution in [0.15, 0.2) is 24.3 Å². The zero-order chi connectivity index (χ0) is 12.8. The molecule has 2 heteroatoms. The lowest BCUT2D eigenvalue weighted by molar-refractivity contribution is -0.123. The van der Waals surface area contributed by atoms with Gasteiger partial charge in [0.05, 0.1) is 0 Å². The topological polar surface area (TPSA) is 29.1 Å². The molecular formula is C14H23NO. The van der Waals surface area contributed by atoms with E-state index in [2.05, 4.69) is 5.32 Å². The third-order valence-electron chi connectivity index (χ3n) is 1.96. The van der Waals surface area contributed by atoms with Crippen LogP contribution >= 0.6 is 0 Å². The summed E-state index contributed by atoms with van der Waals surface area (Å²) in [6.45, 7) is 11.7. The fraction of sp³-hybridized carbons (Fsp3) is 0.500. The molecule has 1 N–H and O–H groups in total. The van der Waals surface area contributed by atoms with E-state index in [4.69, 9.17) is 0 Å². The molecule has 0 unspecified atom stereocenters. The highest BCUT2D eigenvalue weighted by Gasteiger charge is 2.20. The van der Waals surface area contributed by atoms with Gasteiger partial charge in [0.15, 0.2) is 0 Å². The summed E-state index contributed by atoms with van der Waals surface area (Å²) in [5, 5.41) is 2.88. The van der Waals surface area contributed by atoms with Crippen molar-refractivity contribution >= 4 is 11.6 Å². The van der Waals surface area contributed by atoms with E-state index >= 15 is 0 Å². The molecule has 0 heterocycles. The highest BCUT2D eigenvalue weighted by Crippen LogP contribution is 2.17. The highest BCUT2D eigenvalue weighted by molar-refractivity contribution is 5.94. The van der Waals surface area contributed by atoms with Gasteiger partial charge in [-0.3, -0.25) is 4.79 Å². The van der Waals surface area contributed by atoms with E-state index in [-0.39, 0.29) is 11.3 Å². The van der Waals surface area contributed by atoms with E-state index in [0.717, 1.165) is 11.3 Å². The minimum absolute atomic E-state index is 0.0445. The highest BCUT2D eigenvalue weighted by atomic mass is 16.2. The predicted octanol–water partition coefficient (Wildman–Crippen LogP) is 4.01. The number of anilines is 1. The Bertz CT molecular complexity index is 337. The molecule has 1 rings (SSSR count). The first-order chi connectivity index (χ1) is 7.39. The third kappa shape index (κ3) is 4.96. The Labute approximate surface area is 99.1 Å². The smallest absolute Gasteiger partial charge is 0.229 e. The summed E-state index contributed by atoms with van der Waals surface area (Å²) in [7, 11) is 0. The molecule has 1 aromatic rings. The first-order valence-electron chi connectivity index (χ1n) is 5.78. The van der Waals surface area contributed by atoms with Crippen molar-refractivity contribution in [2.45, 2.75) is 41.5 Å². The quantitative estimate of drug-likeness (QED) is 0.763. The minimum Gasteiger partial charge on any atom is -0.326 e. The number of nitrogens with one attached hydrogen (secondary N) is 1. The maximum absolute atomic E-state index is 11.6. The number of benzene rings is 1. The second-order valence-corrected chi connectivity index (χ2v) is 4.57. The van der Waals surface area contributed by atoms with E-state index < -0.39 is 0 Å². The van der Waals surface area contributed by atoms with Crippen LogP contribution in [0.1, 0.15) is 40.2 Å². The van der Waals surface area contributed by atoms with Crippen LogP contribution in [0, 0.1) is 12.3 Å². The lowest BCUT2D eigenvalue weighted by Crippen LogP contribution is -2.27. The van der Waals surface area contributed by atoms with Gasteiger partial charge in [-0.05, 0) is 24.6 Å². The van der Waals surface area contributed by atoms with Crippen molar-refractivity contribution in [2.24, 2.45) is 5.41 Å².